The lowest BCUT2D eigenvalue weighted by atomic mass is 9.83. The number of aromatic nitrogens is 1. The maximum absolute atomic E-state index is 14.3. The fourth-order valence-electron chi connectivity index (χ4n) is 6.87. The number of amides is 3. The second kappa shape index (κ2) is 10.2. The Bertz CT molecular complexity index is 1210. The topological polar surface area (TPSA) is 94.7 Å². The van der Waals surface area contributed by atoms with Gasteiger partial charge in [-0.25, -0.2) is 9.18 Å². The van der Waals surface area contributed by atoms with E-state index in [9.17, 15) is 18.8 Å². The Kier molecular flexibility index (Phi) is 7.13. The first-order chi connectivity index (χ1) is 18.0. The van der Waals surface area contributed by atoms with E-state index in [0.29, 0.717) is 25.0 Å². The van der Waals surface area contributed by atoms with E-state index in [4.69, 9.17) is 4.74 Å². The van der Waals surface area contributed by atoms with Gasteiger partial charge in [-0.1, -0.05) is 19.3 Å². The third-order valence-electron chi connectivity index (χ3n) is 8.45. The lowest BCUT2D eigenvalue weighted by molar-refractivity contribution is -0.137. The molecule has 3 amide bonds. The van der Waals surface area contributed by atoms with E-state index in [0.717, 1.165) is 43.1 Å². The summed E-state index contributed by atoms with van der Waals surface area (Å²) < 4.78 is 19.4. The molecule has 8 nitrogen and oxygen atoms in total. The molecule has 0 bridgehead atoms. The molecular formula is C29H39FN4O4. The van der Waals surface area contributed by atoms with Gasteiger partial charge in [-0.15, -0.1) is 0 Å². The van der Waals surface area contributed by atoms with Crippen molar-refractivity contribution in [2.75, 3.05) is 13.1 Å². The number of likely N-dealkylation sites (tertiary alicyclic amines) is 2. The van der Waals surface area contributed by atoms with Crippen LogP contribution < -0.4 is 5.32 Å². The van der Waals surface area contributed by atoms with Gasteiger partial charge in [0.15, 0.2) is 0 Å². The number of hydrogen-bond acceptors (Lipinski definition) is 4. The van der Waals surface area contributed by atoms with E-state index in [2.05, 4.69) is 10.3 Å². The standard InChI is InChI=1S/C29H39FN4O4/c1-17(35)34-16-22(21-15-31-23-14-19(30)10-11-20(21)23)26-24(34)12-13-33(26)27(36)25(18-8-6-5-7-9-18)32-28(37)38-29(2,3)4/h10-11,14-15,18,22,24-26,31H,5-9,12-13,16H2,1-4H3,(H,32,37)/t22-,24-,25?,26-/m1/s1. The fraction of sp³-hybridized carbons (Fsp3) is 0.621. The van der Waals surface area contributed by atoms with Crippen molar-refractivity contribution in [3.63, 3.8) is 0 Å². The third kappa shape index (κ3) is 5.12. The van der Waals surface area contributed by atoms with Gasteiger partial charge in [-0.05, 0) is 69.7 Å². The van der Waals surface area contributed by atoms with Crippen molar-refractivity contribution < 1.29 is 23.5 Å². The summed E-state index contributed by atoms with van der Waals surface area (Å²) in [6.07, 6.45) is 6.95. The highest BCUT2D eigenvalue weighted by atomic mass is 19.1. The molecule has 3 aliphatic rings. The second-order valence-corrected chi connectivity index (χ2v) is 12.1. The number of rotatable bonds is 4. The summed E-state index contributed by atoms with van der Waals surface area (Å²) in [5.41, 5.74) is 1.00. The van der Waals surface area contributed by atoms with Gasteiger partial charge in [0.25, 0.3) is 0 Å². The average Bonchev–Trinajstić information content (AvgIpc) is 3.55. The zero-order chi connectivity index (χ0) is 27.2. The number of aromatic amines is 1. The number of ether oxygens (including phenoxy) is 1. The second-order valence-electron chi connectivity index (χ2n) is 12.1. The number of nitrogens with zero attached hydrogens (tertiary/aromatic N) is 2. The minimum atomic E-state index is -0.673. The van der Waals surface area contributed by atoms with Crippen molar-refractivity contribution in [1.82, 2.24) is 20.1 Å². The molecule has 4 atom stereocenters. The fourth-order valence-corrected chi connectivity index (χ4v) is 6.87. The Balaban J connectivity index is 1.47. The van der Waals surface area contributed by atoms with E-state index in [1.54, 1.807) is 13.0 Å². The number of fused-ring (bicyclic) bond motifs is 2. The van der Waals surface area contributed by atoms with Gasteiger partial charge in [0, 0.05) is 43.0 Å². The number of hydrogen-bond donors (Lipinski definition) is 2. The first kappa shape index (κ1) is 26.5. The molecule has 5 rings (SSSR count). The van der Waals surface area contributed by atoms with Crippen LogP contribution in [0.3, 0.4) is 0 Å². The van der Waals surface area contributed by atoms with E-state index < -0.39 is 17.7 Å². The van der Waals surface area contributed by atoms with Crippen molar-refractivity contribution >= 4 is 28.8 Å². The predicted octanol–water partition coefficient (Wildman–Crippen LogP) is 4.70. The van der Waals surface area contributed by atoms with Crippen LogP contribution in [-0.2, 0) is 14.3 Å². The Morgan fingerprint density at radius 1 is 1.11 bits per heavy atom. The Labute approximate surface area is 223 Å². The first-order valence-electron chi connectivity index (χ1n) is 13.9. The van der Waals surface area contributed by atoms with Gasteiger partial charge in [0.2, 0.25) is 11.8 Å². The van der Waals surface area contributed by atoms with Crippen LogP contribution in [0.15, 0.2) is 24.4 Å². The molecule has 1 saturated carbocycles. The molecule has 2 aliphatic heterocycles. The normalized spacial score (nSPS) is 24.9. The van der Waals surface area contributed by atoms with Gasteiger partial charge in [-0.3, -0.25) is 9.59 Å². The number of carbonyl (C=O) groups is 3. The third-order valence-corrected chi connectivity index (χ3v) is 8.45. The average molecular weight is 527 g/mol. The van der Waals surface area contributed by atoms with Crippen LogP contribution in [0.5, 0.6) is 0 Å². The van der Waals surface area contributed by atoms with Crippen LogP contribution in [0.4, 0.5) is 9.18 Å². The number of benzene rings is 1. The summed E-state index contributed by atoms with van der Waals surface area (Å²) >= 11 is 0. The molecule has 1 aromatic carbocycles. The Hall–Kier alpha value is -3.10. The van der Waals surface area contributed by atoms with Gasteiger partial charge in [0.05, 0.1) is 12.1 Å². The highest BCUT2D eigenvalue weighted by Gasteiger charge is 2.53. The molecule has 1 aliphatic carbocycles. The monoisotopic (exact) mass is 526 g/mol. The minimum Gasteiger partial charge on any atom is -0.444 e. The predicted molar refractivity (Wildman–Crippen MR) is 142 cm³/mol. The zero-order valence-corrected chi connectivity index (χ0v) is 22.8. The number of halogens is 1. The van der Waals surface area contributed by atoms with Gasteiger partial charge < -0.3 is 24.8 Å². The lowest BCUT2D eigenvalue weighted by Crippen LogP contribution is -2.55. The molecule has 3 heterocycles. The SMILES string of the molecule is CC(=O)N1C[C@H](c2c[nH]c3cc(F)ccc23)[C@@H]2[C@H]1CCN2C(=O)C(NC(=O)OC(C)(C)C)C1CCCCC1. The zero-order valence-electron chi connectivity index (χ0n) is 22.8. The highest BCUT2D eigenvalue weighted by Crippen LogP contribution is 2.44. The maximum atomic E-state index is 14.3. The molecule has 9 heteroatoms. The molecule has 2 saturated heterocycles. The summed E-state index contributed by atoms with van der Waals surface area (Å²) in [7, 11) is 0. The van der Waals surface area contributed by atoms with Crippen molar-refractivity contribution in [2.45, 2.75) is 95.9 Å². The van der Waals surface area contributed by atoms with Crippen LogP contribution >= 0.6 is 0 Å². The first-order valence-corrected chi connectivity index (χ1v) is 13.9. The molecular weight excluding hydrogens is 487 g/mol. The smallest absolute Gasteiger partial charge is 0.408 e. The van der Waals surface area contributed by atoms with Crippen molar-refractivity contribution in [3.8, 4) is 0 Å². The molecule has 206 valence electrons. The highest BCUT2D eigenvalue weighted by molar-refractivity contribution is 5.88. The molecule has 38 heavy (non-hydrogen) atoms. The summed E-state index contributed by atoms with van der Waals surface area (Å²) in [5, 5.41) is 3.84. The number of H-pyrrole nitrogens is 1. The van der Waals surface area contributed by atoms with Crippen molar-refractivity contribution in [1.29, 1.82) is 0 Å². The van der Waals surface area contributed by atoms with Gasteiger partial charge >= 0.3 is 6.09 Å². The van der Waals surface area contributed by atoms with Crippen LogP contribution in [0.25, 0.3) is 10.9 Å². The summed E-state index contributed by atoms with van der Waals surface area (Å²) in [5.74, 6) is -0.512. The molecule has 2 N–H and O–H groups in total. The van der Waals surface area contributed by atoms with E-state index >= 15 is 0 Å². The van der Waals surface area contributed by atoms with E-state index in [-0.39, 0.29) is 41.6 Å². The Morgan fingerprint density at radius 3 is 2.53 bits per heavy atom. The number of alkyl carbamates (subject to hydrolysis) is 1. The van der Waals surface area contributed by atoms with Crippen molar-refractivity contribution in [3.05, 3.63) is 35.8 Å². The molecule has 1 aromatic heterocycles. The summed E-state index contributed by atoms with van der Waals surface area (Å²) in [6, 6.07) is 3.68. The van der Waals surface area contributed by atoms with Gasteiger partial charge in [-0.2, -0.15) is 0 Å². The largest absolute Gasteiger partial charge is 0.444 e. The number of carbonyl (C=O) groups excluding carboxylic acids is 3. The molecule has 3 fully saturated rings. The molecule has 0 spiro atoms. The van der Waals surface area contributed by atoms with Crippen LogP contribution in [-0.4, -0.2) is 69.5 Å². The van der Waals surface area contributed by atoms with Crippen LogP contribution in [0.1, 0.15) is 77.7 Å². The molecule has 0 radical (unpaired) electrons. The van der Waals surface area contributed by atoms with Crippen molar-refractivity contribution in [2.24, 2.45) is 5.92 Å². The minimum absolute atomic E-state index is 0.0154. The maximum Gasteiger partial charge on any atom is 0.408 e. The van der Waals surface area contributed by atoms with Crippen LogP contribution in [0, 0.1) is 11.7 Å². The van der Waals surface area contributed by atoms with Crippen LogP contribution in [0.2, 0.25) is 0 Å². The Morgan fingerprint density at radius 2 is 1.84 bits per heavy atom. The van der Waals surface area contributed by atoms with Gasteiger partial charge in [0.1, 0.15) is 17.5 Å². The summed E-state index contributed by atoms with van der Waals surface area (Å²) in [6.45, 7) is 8.01. The quantitative estimate of drug-likeness (QED) is 0.604. The molecule has 1 unspecified atom stereocenters. The number of nitrogens with one attached hydrogen (secondary N) is 2. The lowest BCUT2D eigenvalue weighted by Gasteiger charge is -2.36. The summed E-state index contributed by atoms with van der Waals surface area (Å²) in [4.78, 5) is 46.7. The molecule has 2 aromatic rings. The van der Waals surface area contributed by atoms with E-state index in [1.165, 1.54) is 12.1 Å². The van der Waals surface area contributed by atoms with E-state index in [1.807, 2.05) is 36.8 Å².